The van der Waals surface area contributed by atoms with E-state index in [1.807, 2.05) is 12.1 Å². The number of carbonyl (C=O) groups excluding carboxylic acids is 1. The van der Waals surface area contributed by atoms with Crippen molar-refractivity contribution in [2.24, 2.45) is 0 Å². The number of ether oxygens (including phenoxy) is 3. The topological polar surface area (TPSA) is 56.8 Å². The van der Waals surface area contributed by atoms with Crippen molar-refractivity contribution in [3.05, 3.63) is 17.7 Å². The number of hydrogen-bond donors (Lipinski definition) is 1. The highest BCUT2D eigenvalue weighted by atomic mass is 16.5. The van der Waals surface area contributed by atoms with Crippen LogP contribution in [0.15, 0.2) is 12.1 Å². The van der Waals surface area contributed by atoms with E-state index in [-0.39, 0.29) is 11.8 Å². The lowest BCUT2D eigenvalue weighted by atomic mass is 10.0. The van der Waals surface area contributed by atoms with Crippen LogP contribution >= 0.6 is 0 Å². The molecule has 104 valence electrons. The summed E-state index contributed by atoms with van der Waals surface area (Å²) in [6.07, 6.45) is 1.24. The lowest BCUT2D eigenvalue weighted by Crippen LogP contribution is -2.29. The van der Waals surface area contributed by atoms with Crippen molar-refractivity contribution in [3.8, 4) is 17.2 Å². The fraction of sp³-hybridized carbons (Fsp3) is 0.500. The van der Waals surface area contributed by atoms with Gasteiger partial charge in [0, 0.05) is 13.0 Å². The second-order valence-electron chi connectivity index (χ2n) is 4.46. The van der Waals surface area contributed by atoms with Crippen molar-refractivity contribution >= 4 is 5.78 Å². The fourth-order valence-electron chi connectivity index (χ4n) is 2.33. The van der Waals surface area contributed by atoms with Gasteiger partial charge in [-0.05, 0) is 24.1 Å². The van der Waals surface area contributed by atoms with E-state index in [4.69, 9.17) is 14.2 Å². The maximum atomic E-state index is 11.7. The monoisotopic (exact) mass is 265 g/mol. The van der Waals surface area contributed by atoms with Crippen molar-refractivity contribution < 1.29 is 19.0 Å². The zero-order valence-corrected chi connectivity index (χ0v) is 11.5. The second kappa shape index (κ2) is 5.93. The van der Waals surface area contributed by atoms with Gasteiger partial charge in [-0.25, -0.2) is 0 Å². The molecule has 1 aromatic rings. The summed E-state index contributed by atoms with van der Waals surface area (Å²) >= 11 is 0. The van der Waals surface area contributed by atoms with Crippen molar-refractivity contribution in [1.82, 2.24) is 5.32 Å². The Bertz CT molecular complexity index is 448. The summed E-state index contributed by atoms with van der Waals surface area (Å²) in [6.45, 7) is 0.758. The van der Waals surface area contributed by atoms with E-state index in [2.05, 4.69) is 5.32 Å². The Kier molecular flexibility index (Phi) is 4.27. The number of Topliss-reactive ketones (excluding diaryl/α,β-unsaturated/α-hetero) is 1. The molecule has 1 heterocycles. The minimum Gasteiger partial charge on any atom is -0.493 e. The number of ketones is 1. The number of methoxy groups -OCH3 is 3. The summed E-state index contributed by atoms with van der Waals surface area (Å²) in [5, 5.41) is 3.20. The number of nitrogens with one attached hydrogen (secondary N) is 1. The van der Waals surface area contributed by atoms with Gasteiger partial charge in [0.25, 0.3) is 0 Å². The first kappa shape index (κ1) is 13.7. The standard InChI is InChI=1S/C14H19NO4/c1-17-12-7-9(6-10-11(16)4-5-15-10)8-13(18-2)14(12)19-3/h7-8,10,15H,4-6H2,1-3H3. The van der Waals surface area contributed by atoms with Gasteiger partial charge in [0.1, 0.15) is 0 Å². The van der Waals surface area contributed by atoms with Gasteiger partial charge in [0.2, 0.25) is 5.75 Å². The molecule has 1 aliphatic heterocycles. The molecule has 5 nitrogen and oxygen atoms in total. The van der Waals surface area contributed by atoms with Crippen LogP contribution in [0.5, 0.6) is 17.2 Å². The first-order chi connectivity index (χ1) is 9.19. The third-order valence-corrected chi connectivity index (χ3v) is 3.32. The van der Waals surface area contributed by atoms with Gasteiger partial charge >= 0.3 is 0 Å². The van der Waals surface area contributed by atoms with Crippen LogP contribution in [0.3, 0.4) is 0 Å². The number of benzene rings is 1. The predicted molar refractivity (Wildman–Crippen MR) is 71.2 cm³/mol. The van der Waals surface area contributed by atoms with Crippen LogP contribution in [0, 0.1) is 0 Å². The molecular formula is C14H19NO4. The van der Waals surface area contributed by atoms with Gasteiger partial charge in [-0.2, -0.15) is 0 Å². The van der Waals surface area contributed by atoms with Gasteiger partial charge in [-0.3, -0.25) is 4.79 Å². The maximum absolute atomic E-state index is 11.7. The van der Waals surface area contributed by atoms with E-state index in [1.165, 1.54) is 0 Å². The third-order valence-electron chi connectivity index (χ3n) is 3.32. The van der Waals surface area contributed by atoms with Crippen LogP contribution in [-0.2, 0) is 11.2 Å². The summed E-state index contributed by atoms with van der Waals surface area (Å²) in [5.74, 6) is 2.05. The van der Waals surface area contributed by atoms with Crippen LogP contribution < -0.4 is 19.5 Å². The van der Waals surface area contributed by atoms with Gasteiger partial charge < -0.3 is 19.5 Å². The van der Waals surface area contributed by atoms with Crippen molar-refractivity contribution in [3.63, 3.8) is 0 Å². The Morgan fingerprint density at radius 2 is 1.79 bits per heavy atom. The van der Waals surface area contributed by atoms with Gasteiger partial charge in [-0.15, -0.1) is 0 Å². The second-order valence-corrected chi connectivity index (χ2v) is 4.46. The highest BCUT2D eigenvalue weighted by Gasteiger charge is 2.24. The van der Waals surface area contributed by atoms with E-state index in [0.717, 1.165) is 12.1 Å². The molecule has 5 heteroatoms. The molecule has 1 aromatic carbocycles. The molecule has 1 fully saturated rings. The summed E-state index contributed by atoms with van der Waals surface area (Å²) in [7, 11) is 4.74. The first-order valence-corrected chi connectivity index (χ1v) is 6.24. The van der Waals surface area contributed by atoms with Crippen molar-refractivity contribution in [2.75, 3.05) is 27.9 Å². The Labute approximate surface area is 112 Å². The van der Waals surface area contributed by atoms with E-state index < -0.39 is 0 Å². The normalized spacial score (nSPS) is 18.5. The van der Waals surface area contributed by atoms with E-state index in [1.54, 1.807) is 21.3 Å². The SMILES string of the molecule is COc1cc(CC2NCCC2=O)cc(OC)c1OC. The van der Waals surface area contributed by atoms with Crippen LogP contribution in [0.1, 0.15) is 12.0 Å². The van der Waals surface area contributed by atoms with Crippen molar-refractivity contribution in [1.29, 1.82) is 0 Å². The van der Waals surface area contributed by atoms with Gasteiger partial charge in [0.05, 0.1) is 27.4 Å². The third kappa shape index (κ3) is 2.81. The summed E-state index contributed by atoms with van der Waals surface area (Å²) in [5.41, 5.74) is 0.988. The largest absolute Gasteiger partial charge is 0.493 e. The first-order valence-electron chi connectivity index (χ1n) is 6.24. The van der Waals surface area contributed by atoms with Crippen LogP contribution in [-0.4, -0.2) is 39.7 Å². The Morgan fingerprint density at radius 1 is 1.16 bits per heavy atom. The minimum absolute atomic E-state index is 0.109. The molecule has 1 N–H and O–H groups in total. The number of hydrogen-bond acceptors (Lipinski definition) is 5. The minimum atomic E-state index is -0.109. The lowest BCUT2D eigenvalue weighted by molar-refractivity contribution is -0.118. The molecule has 0 amide bonds. The van der Waals surface area contributed by atoms with Crippen LogP contribution in [0.25, 0.3) is 0 Å². The highest BCUT2D eigenvalue weighted by molar-refractivity contribution is 5.86. The predicted octanol–water partition coefficient (Wildman–Crippen LogP) is 1.19. The molecule has 1 aliphatic rings. The molecule has 1 atom stereocenters. The molecule has 0 radical (unpaired) electrons. The molecule has 1 unspecified atom stereocenters. The van der Waals surface area contributed by atoms with Crippen LogP contribution in [0.4, 0.5) is 0 Å². The molecule has 0 aliphatic carbocycles. The Balaban J connectivity index is 2.28. The van der Waals surface area contributed by atoms with E-state index in [0.29, 0.717) is 30.1 Å². The molecule has 0 saturated carbocycles. The fourth-order valence-corrected chi connectivity index (χ4v) is 2.33. The zero-order valence-electron chi connectivity index (χ0n) is 11.5. The smallest absolute Gasteiger partial charge is 0.203 e. The molecule has 2 rings (SSSR count). The molecule has 1 saturated heterocycles. The van der Waals surface area contributed by atoms with Gasteiger partial charge in [-0.1, -0.05) is 0 Å². The van der Waals surface area contributed by atoms with E-state index in [9.17, 15) is 4.79 Å². The molecule has 0 spiro atoms. The highest BCUT2D eigenvalue weighted by Crippen LogP contribution is 2.38. The van der Waals surface area contributed by atoms with Crippen LogP contribution in [0.2, 0.25) is 0 Å². The Hall–Kier alpha value is -1.75. The average Bonchev–Trinajstić information content (AvgIpc) is 2.83. The quantitative estimate of drug-likeness (QED) is 0.866. The molecular weight excluding hydrogens is 246 g/mol. The maximum Gasteiger partial charge on any atom is 0.203 e. The zero-order chi connectivity index (χ0) is 13.8. The molecule has 19 heavy (non-hydrogen) atoms. The van der Waals surface area contributed by atoms with Crippen molar-refractivity contribution in [2.45, 2.75) is 18.9 Å². The number of carbonyl (C=O) groups is 1. The Morgan fingerprint density at radius 3 is 2.21 bits per heavy atom. The average molecular weight is 265 g/mol. The summed E-state index contributed by atoms with van der Waals surface area (Å²) < 4.78 is 15.9. The molecule has 0 bridgehead atoms. The lowest BCUT2D eigenvalue weighted by Gasteiger charge is -2.15. The van der Waals surface area contributed by atoms with Gasteiger partial charge in [0.15, 0.2) is 17.3 Å². The summed E-state index contributed by atoms with van der Waals surface area (Å²) in [4.78, 5) is 11.7. The molecule has 0 aromatic heterocycles. The summed E-state index contributed by atoms with van der Waals surface area (Å²) in [6, 6.07) is 3.66. The number of rotatable bonds is 5. The van der Waals surface area contributed by atoms with E-state index >= 15 is 0 Å².